The van der Waals surface area contributed by atoms with Crippen LogP contribution in [0.2, 0.25) is 0 Å². The lowest BCUT2D eigenvalue weighted by Gasteiger charge is -2.31. The Balaban J connectivity index is 2.16. The van der Waals surface area contributed by atoms with Gasteiger partial charge in [0, 0.05) is 0 Å². The third kappa shape index (κ3) is 0.969. The molecule has 0 aromatic carbocycles. The maximum Gasteiger partial charge on any atom is 0.184 e. The van der Waals surface area contributed by atoms with Gasteiger partial charge in [-0.2, -0.15) is 0 Å². The second kappa shape index (κ2) is 2.40. The van der Waals surface area contributed by atoms with Crippen LogP contribution in [0.1, 0.15) is 0 Å². The molecule has 0 amide bonds. The molecule has 3 N–H and O–H groups in total. The summed E-state index contributed by atoms with van der Waals surface area (Å²) >= 11 is 0. The third-order valence-corrected chi connectivity index (χ3v) is 2.11. The second-order valence-corrected chi connectivity index (χ2v) is 2.84. The number of fused-ring (bicyclic) bond motifs is 2. The van der Waals surface area contributed by atoms with E-state index in [1.165, 1.54) is 0 Å². The molecule has 1 unspecified atom stereocenters. The van der Waals surface area contributed by atoms with Crippen LogP contribution in [0.15, 0.2) is 0 Å². The maximum absolute atomic E-state index is 9.28. The molecule has 2 aliphatic rings. The van der Waals surface area contributed by atoms with Crippen molar-refractivity contribution in [2.75, 3.05) is 6.61 Å². The van der Waals surface area contributed by atoms with Gasteiger partial charge in [-0.15, -0.1) is 0 Å². The first-order chi connectivity index (χ1) is 5.20. The first kappa shape index (κ1) is 7.45. The van der Waals surface area contributed by atoms with Gasteiger partial charge < -0.3 is 24.8 Å². The van der Waals surface area contributed by atoms with Crippen molar-refractivity contribution in [3.8, 4) is 0 Å². The van der Waals surface area contributed by atoms with E-state index in [1.807, 2.05) is 0 Å². The molecule has 5 heteroatoms. The van der Waals surface area contributed by atoms with Crippen LogP contribution in [0.3, 0.4) is 0 Å². The summed E-state index contributed by atoms with van der Waals surface area (Å²) in [5.74, 6) is 0. The Morgan fingerprint density at radius 1 is 1.09 bits per heavy atom. The van der Waals surface area contributed by atoms with Crippen LogP contribution in [-0.4, -0.2) is 52.6 Å². The van der Waals surface area contributed by atoms with Crippen LogP contribution in [0.25, 0.3) is 0 Å². The Hall–Kier alpha value is -0.200. The minimum Gasteiger partial charge on any atom is -0.387 e. The van der Waals surface area contributed by atoms with Crippen molar-refractivity contribution in [2.24, 2.45) is 0 Å². The normalized spacial score (nSPS) is 56.5. The number of aliphatic hydroxyl groups is 3. The van der Waals surface area contributed by atoms with Crippen molar-refractivity contribution >= 4 is 0 Å². The van der Waals surface area contributed by atoms with Gasteiger partial charge in [-0.1, -0.05) is 0 Å². The summed E-state index contributed by atoms with van der Waals surface area (Å²) < 4.78 is 9.82. The minimum absolute atomic E-state index is 0.236. The monoisotopic (exact) mass is 162 g/mol. The van der Waals surface area contributed by atoms with Gasteiger partial charge in [0.2, 0.25) is 0 Å². The van der Waals surface area contributed by atoms with Gasteiger partial charge in [-0.3, -0.25) is 0 Å². The van der Waals surface area contributed by atoms with Crippen LogP contribution in [0.4, 0.5) is 0 Å². The molecule has 0 aromatic heterocycles. The van der Waals surface area contributed by atoms with E-state index in [1.54, 1.807) is 0 Å². The van der Waals surface area contributed by atoms with E-state index in [0.29, 0.717) is 0 Å². The lowest BCUT2D eigenvalue weighted by atomic mass is 10.0. The summed E-state index contributed by atoms with van der Waals surface area (Å²) in [6.45, 7) is 0.236. The smallest absolute Gasteiger partial charge is 0.184 e. The number of ether oxygens (including phenoxy) is 2. The Morgan fingerprint density at radius 2 is 1.82 bits per heavy atom. The quantitative estimate of drug-likeness (QED) is 0.377. The van der Waals surface area contributed by atoms with Crippen molar-refractivity contribution in [2.45, 2.75) is 30.7 Å². The fourth-order valence-corrected chi connectivity index (χ4v) is 1.46. The first-order valence-electron chi connectivity index (χ1n) is 3.51. The van der Waals surface area contributed by atoms with Crippen molar-refractivity contribution in [1.29, 1.82) is 0 Å². The van der Waals surface area contributed by atoms with Crippen molar-refractivity contribution in [3.63, 3.8) is 0 Å². The molecule has 2 fully saturated rings. The van der Waals surface area contributed by atoms with E-state index < -0.39 is 30.7 Å². The molecular formula is C6H10O5. The Bertz CT molecular complexity index is 161. The lowest BCUT2D eigenvalue weighted by molar-refractivity contribution is -0.242. The van der Waals surface area contributed by atoms with Crippen LogP contribution in [0.5, 0.6) is 0 Å². The average molecular weight is 162 g/mol. The zero-order chi connectivity index (χ0) is 8.01. The molecule has 5 nitrogen and oxygen atoms in total. The molecule has 2 heterocycles. The highest BCUT2D eigenvalue weighted by Crippen LogP contribution is 2.28. The highest BCUT2D eigenvalue weighted by Gasteiger charge is 2.49. The molecular weight excluding hydrogens is 152 g/mol. The molecule has 2 rings (SSSR count). The molecule has 11 heavy (non-hydrogen) atoms. The van der Waals surface area contributed by atoms with Crippen LogP contribution in [-0.2, 0) is 9.47 Å². The van der Waals surface area contributed by atoms with Crippen molar-refractivity contribution in [3.05, 3.63) is 0 Å². The summed E-state index contributed by atoms with van der Waals surface area (Å²) in [5.41, 5.74) is 0. The van der Waals surface area contributed by atoms with E-state index in [0.717, 1.165) is 0 Å². The van der Waals surface area contributed by atoms with Gasteiger partial charge >= 0.3 is 0 Å². The number of hydrogen-bond acceptors (Lipinski definition) is 5. The minimum atomic E-state index is -1.23. The average Bonchev–Trinajstić information content (AvgIpc) is 2.23. The summed E-state index contributed by atoms with van der Waals surface area (Å²) in [7, 11) is 0. The Labute approximate surface area is 63.2 Å². The molecule has 0 aliphatic carbocycles. The molecule has 2 saturated heterocycles. The van der Waals surface area contributed by atoms with Gasteiger partial charge in [0.1, 0.15) is 24.4 Å². The summed E-state index contributed by atoms with van der Waals surface area (Å²) in [6.07, 6.45) is -4.35. The van der Waals surface area contributed by atoms with Gasteiger partial charge in [0.25, 0.3) is 0 Å². The van der Waals surface area contributed by atoms with E-state index in [2.05, 4.69) is 0 Å². The highest BCUT2D eigenvalue weighted by atomic mass is 16.7. The third-order valence-electron chi connectivity index (χ3n) is 2.11. The van der Waals surface area contributed by atoms with Gasteiger partial charge in [-0.25, -0.2) is 0 Å². The molecule has 2 bridgehead atoms. The molecule has 64 valence electrons. The Kier molecular flexibility index (Phi) is 1.62. The molecule has 2 aliphatic heterocycles. The molecule has 5 atom stereocenters. The summed E-state index contributed by atoms with van der Waals surface area (Å²) in [6, 6.07) is 0. The second-order valence-electron chi connectivity index (χ2n) is 2.84. The molecule has 0 saturated carbocycles. The summed E-state index contributed by atoms with van der Waals surface area (Å²) in [4.78, 5) is 0. The van der Waals surface area contributed by atoms with Crippen molar-refractivity contribution in [1.82, 2.24) is 0 Å². The molecule has 0 spiro atoms. The number of aliphatic hydroxyl groups excluding tert-OH is 3. The fourth-order valence-electron chi connectivity index (χ4n) is 1.46. The fraction of sp³-hybridized carbons (Fsp3) is 1.00. The summed E-state index contributed by atoms with van der Waals surface area (Å²) in [5, 5.41) is 27.5. The van der Waals surface area contributed by atoms with E-state index in [9.17, 15) is 10.2 Å². The van der Waals surface area contributed by atoms with E-state index in [4.69, 9.17) is 14.6 Å². The van der Waals surface area contributed by atoms with Gasteiger partial charge in [0.15, 0.2) is 6.29 Å². The standard InChI is InChI=1S/C6H10O5/c7-3-2-1-10-5(3)4(8)6(9)11-2/h2-9H,1H2/t2-,3-,4+,5?,6-/m0/s1. The van der Waals surface area contributed by atoms with Gasteiger partial charge in [-0.05, 0) is 0 Å². The first-order valence-corrected chi connectivity index (χ1v) is 3.51. The Morgan fingerprint density at radius 3 is 2.55 bits per heavy atom. The van der Waals surface area contributed by atoms with Gasteiger partial charge in [0.05, 0.1) is 6.61 Å². The van der Waals surface area contributed by atoms with Crippen LogP contribution >= 0.6 is 0 Å². The van der Waals surface area contributed by atoms with Crippen LogP contribution < -0.4 is 0 Å². The zero-order valence-electron chi connectivity index (χ0n) is 5.75. The van der Waals surface area contributed by atoms with E-state index in [-0.39, 0.29) is 6.61 Å². The molecule has 0 radical (unpaired) electrons. The zero-order valence-corrected chi connectivity index (χ0v) is 5.75. The van der Waals surface area contributed by atoms with Crippen LogP contribution in [0, 0.1) is 0 Å². The largest absolute Gasteiger partial charge is 0.387 e. The highest BCUT2D eigenvalue weighted by molar-refractivity contribution is 4.94. The maximum atomic E-state index is 9.28. The predicted molar refractivity (Wildman–Crippen MR) is 32.6 cm³/mol. The predicted octanol–water partition coefficient (Wildman–Crippen LogP) is -2.18. The SMILES string of the molecule is O[C@@H]1C2OC[C@@H]1O[C@H](O)[C@@H]2O. The number of rotatable bonds is 0. The lowest BCUT2D eigenvalue weighted by Crippen LogP contribution is -2.52. The van der Waals surface area contributed by atoms with Crippen molar-refractivity contribution < 1.29 is 24.8 Å². The molecule has 0 aromatic rings. The van der Waals surface area contributed by atoms with E-state index >= 15 is 0 Å². The number of hydrogen-bond donors (Lipinski definition) is 3. The topological polar surface area (TPSA) is 79.2 Å².